The standard InChI is InChI=1S/C20H24N6O2/c1-14-9-10-21-18(22-14)13-25-11-3-4-15(12-25)19-23-20(27)26(24-19)16-5-7-17(28-2)8-6-16/h5-10,15H,3-4,11-13H2,1-2H3,(H,23,24,27). The Morgan fingerprint density at radius 2 is 2.07 bits per heavy atom. The van der Waals surface area contributed by atoms with Gasteiger partial charge in [0.05, 0.1) is 19.3 Å². The SMILES string of the molecule is COc1ccc(-n2nc(C3CCCN(Cc4nccc(C)n4)C3)[nH]c2=O)cc1. The zero-order valence-electron chi connectivity index (χ0n) is 16.1. The summed E-state index contributed by atoms with van der Waals surface area (Å²) in [6.07, 6.45) is 3.85. The summed E-state index contributed by atoms with van der Waals surface area (Å²) in [7, 11) is 1.62. The zero-order chi connectivity index (χ0) is 19.5. The fourth-order valence-corrected chi connectivity index (χ4v) is 3.62. The highest BCUT2D eigenvalue weighted by molar-refractivity contribution is 5.36. The Balaban J connectivity index is 1.50. The molecule has 1 saturated heterocycles. The smallest absolute Gasteiger partial charge is 0.348 e. The maximum Gasteiger partial charge on any atom is 0.348 e. The van der Waals surface area contributed by atoms with Crippen LogP contribution in [0.3, 0.4) is 0 Å². The Kier molecular flexibility index (Phi) is 5.21. The average molecular weight is 380 g/mol. The monoisotopic (exact) mass is 380 g/mol. The Morgan fingerprint density at radius 3 is 2.82 bits per heavy atom. The first-order valence-corrected chi connectivity index (χ1v) is 9.47. The van der Waals surface area contributed by atoms with E-state index in [2.05, 4.69) is 25.0 Å². The van der Waals surface area contributed by atoms with Gasteiger partial charge in [0.2, 0.25) is 0 Å². The van der Waals surface area contributed by atoms with Gasteiger partial charge in [-0.25, -0.2) is 14.8 Å². The van der Waals surface area contributed by atoms with Crippen molar-refractivity contribution in [2.75, 3.05) is 20.2 Å². The van der Waals surface area contributed by atoms with Crippen molar-refractivity contribution < 1.29 is 4.74 Å². The summed E-state index contributed by atoms with van der Waals surface area (Å²) in [6, 6.07) is 9.19. The maximum atomic E-state index is 12.4. The molecule has 0 radical (unpaired) electrons. The molecular formula is C20H24N6O2. The largest absolute Gasteiger partial charge is 0.497 e. The quantitative estimate of drug-likeness (QED) is 0.729. The van der Waals surface area contributed by atoms with E-state index in [0.717, 1.165) is 49.0 Å². The van der Waals surface area contributed by atoms with Gasteiger partial charge in [0.15, 0.2) is 0 Å². The van der Waals surface area contributed by atoms with Crippen LogP contribution in [0, 0.1) is 6.92 Å². The number of piperidine rings is 1. The van der Waals surface area contributed by atoms with E-state index in [4.69, 9.17) is 4.74 Å². The molecule has 0 spiro atoms. The molecule has 28 heavy (non-hydrogen) atoms. The molecule has 8 nitrogen and oxygen atoms in total. The number of nitrogens with zero attached hydrogens (tertiary/aromatic N) is 5. The van der Waals surface area contributed by atoms with Crippen molar-refractivity contribution in [2.45, 2.75) is 32.2 Å². The van der Waals surface area contributed by atoms with Crippen LogP contribution < -0.4 is 10.4 Å². The first kappa shape index (κ1) is 18.4. The Hall–Kier alpha value is -3.00. The van der Waals surface area contributed by atoms with E-state index in [9.17, 15) is 4.79 Å². The van der Waals surface area contributed by atoms with E-state index in [0.29, 0.717) is 12.2 Å². The van der Waals surface area contributed by atoms with Crippen LogP contribution in [0.25, 0.3) is 5.69 Å². The summed E-state index contributed by atoms with van der Waals surface area (Å²) < 4.78 is 6.59. The molecule has 1 atom stereocenters. The highest BCUT2D eigenvalue weighted by atomic mass is 16.5. The number of H-pyrrole nitrogens is 1. The fraction of sp³-hybridized carbons (Fsp3) is 0.400. The lowest BCUT2D eigenvalue weighted by Gasteiger charge is -2.30. The third-order valence-corrected chi connectivity index (χ3v) is 5.05. The summed E-state index contributed by atoms with van der Waals surface area (Å²) >= 11 is 0. The molecule has 146 valence electrons. The van der Waals surface area contributed by atoms with Crippen LogP contribution >= 0.6 is 0 Å². The summed E-state index contributed by atoms with van der Waals surface area (Å²) in [6.45, 7) is 4.51. The summed E-state index contributed by atoms with van der Waals surface area (Å²) in [5, 5.41) is 4.56. The lowest BCUT2D eigenvalue weighted by Crippen LogP contribution is -2.35. The zero-order valence-corrected chi connectivity index (χ0v) is 16.1. The van der Waals surface area contributed by atoms with Crippen LogP contribution in [0.15, 0.2) is 41.3 Å². The topological polar surface area (TPSA) is 88.9 Å². The number of benzene rings is 1. The van der Waals surface area contributed by atoms with Crippen molar-refractivity contribution in [3.05, 3.63) is 64.4 Å². The fourth-order valence-electron chi connectivity index (χ4n) is 3.62. The lowest BCUT2D eigenvalue weighted by molar-refractivity contribution is 0.192. The van der Waals surface area contributed by atoms with Crippen LogP contribution in [0.2, 0.25) is 0 Å². The number of nitrogens with one attached hydrogen (secondary N) is 1. The molecule has 0 saturated carbocycles. The molecule has 0 bridgehead atoms. The third-order valence-electron chi connectivity index (χ3n) is 5.05. The van der Waals surface area contributed by atoms with Gasteiger partial charge in [0.25, 0.3) is 0 Å². The number of methoxy groups -OCH3 is 1. The van der Waals surface area contributed by atoms with E-state index in [1.54, 1.807) is 13.3 Å². The van der Waals surface area contributed by atoms with E-state index < -0.39 is 0 Å². The highest BCUT2D eigenvalue weighted by Gasteiger charge is 2.25. The number of hydrogen-bond acceptors (Lipinski definition) is 6. The molecule has 1 N–H and O–H groups in total. The van der Waals surface area contributed by atoms with Crippen LogP contribution in [-0.4, -0.2) is 49.8 Å². The molecule has 2 aromatic heterocycles. The van der Waals surface area contributed by atoms with Crippen LogP contribution in [0.1, 0.15) is 36.1 Å². The van der Waals surface area contributed by atoms with Gasteiger partial charge < -0.3 is 4.74 Å². The average Bonchev–Trinajstić information content (AvgIpc) is 3.10. The highest BCUT2D eigenvalue weighted by Crippen LogP contribution is 2.25. The van der Waals surface area contributed by atoms with Gasteiger partial charge in [-0.1, -0.05) is 0 Å². The van der Waals surface area contributed by atoms with Crippen molar-refractivity contribution in [1.82, 2.24) is 29.6 Å². The molecule has 1 fully saturated rings. The predicted molar refractivity (Wildman–Crippen MR) is 105 cm³/mol. The van der Waals surface area contributed by atoms with Crippen molar-refractivity contribution in [1.29, 1.82) is 0 Å². The first-order chi connectivity index (χ1) is 13.6. The van der Waals surface area contributed by atoms with E-state index in [1.165, 1.54) is 4.68 Å². The minimum atomic E-state index is -0.223. The molecule has 1 aliphatic heterocycles. The number of likely N-dealkylation sites (tertiary alicyclic amines) is 1. The Morgan fingerprint density at radius 1 is 1.25 bits per heavy atom. The first-order valence-electron chi connectivity index (χ1n) is 9.47. The van der Waals surface area contributed by atoms with Gasteiger partial charge in [-0.2, -0.15) is 4.68 Å². The van der Waals surface area contributed by atoms with Gasteiger partial charge in [0.1, 0.15) is 17.4 Å². The van der Waals surface area contributed by atoms with Crippen molar-refractivity contribution >= 4 is 0 Å². The molecule has 3 heterocycles. The molecule has 8 heteroatoms. The molecule has 1 aromatic carbocycles. The number of hydrogen-bond donors (Lipinski definition) is 1. The molecule has 0 aliphatic carbocycles. The Bertz CT molecular complexity index is 994. The third kappa shape index (κ3) is 3.96. The van der Waals surface area contributed by atoms with Gasteiger partial charge in [0, 0.05) is 24.4 Å². The van der Waals surface area contributed by atoms with Crippen molar-refractivity contribution in [3.63, 3.8) is 0 Å². The predicted octanol–water partition coefficient (Wildman–Crippen LogP) is 2.05. The van der Waals surface area contributed by atoms with Gasteiger partial charge in [-0.05, 0) is 56.6 Å². The van der Waals surface area contributed by atoms with Gasteiger partial charge in [-0.3, -0.25) is 9.88 Å². The Labute approximate surface area is 163 Å². The van der Waals surface area contributed by atoms with E-state index in [-0.39, 0.29) is 11.6 Å². The maximum absolute atomic E-state index is 12.4. The number of rotatable bonds is 5. The molecule has 3 aromatic rings. The summed E-state index contributed by atoms with van der Waals surface area (Å²) in [5.41, 5.74) is 1.47. The second kappa shape index (κ2) is 7.93. The van der Waals surface area contributed by atoms with Crippen molar-refractivity contribution in [3.8, 4) is 11.4 Å². The summed E-state index contributed by atoms with van der Waals surface area (Å²) in [4.78, 5) is 26.6. The molecule has 1 unspecified atom stereocenters. The van der Waals surface area contributed by atoms with Gasteiger partial charge in [-0.15, -0.1) is 5.10 Å². The number of aromatic amines is 1. The normalized spacial score (nSPS) is 17.6. The van der Waals surface area contributed by atoms with Crippen molar-refractivity contribution in [2.24, 2.45) is 0 Å². The van der Waals surface area contributed by atoms with E-state index >= 15 is 0 Å². The molecule has 4 rings (SSSR count). The second-order valence-electron chi connectivity index (χ2n) is 7.11. The minimum absolute atomic E-state index is 0.186. The molecular weight excluding hydrogens is 356 g/mol. The number of aryl methyl sites for hydroxylation is 1. The van der Waals surface area contributed by atoms with Crippen LogP contribution in [0.5, 0.6) is 5.75 Å². The number of ether oxygens (including phenoxy) is 1. The van der Waals surface area contributed by atoms with Crippen LogP contribution in [-0.2, 0) is 6.54 Å². The van der Waals surface area contributed by atoms with Crippen LogP contribution in [0.4, 0.5) is 0 Å². The molecule has 0 amide bonds. The minimum Gasteiger partial charge on any atom is -0.497 e. The summed E-state index contributed by atoms with van der Waals surface area (Å²) in [5.74, 6) is 2.49. The van der Waals surface area contributed by atoms with Gasteiger partial charge >= 0.3 is 5.69 Å². The van der Waals surface area contributed by atoms with E-state index in [1.807, 2.05) is 37.3 Å². The number of aromatic nitrogens is 5. The molecule has 1 aliphatic rings. The second-order valence-corrected chi connectivity index (χ2v) is 7.11. The lowest BCUT2D eigenvalue weighted by atomic mass is 9.97.